The summed E-state index contributed by atoms with van der Waals surface area (Å²) in [4.78, 5) is 28.3. The van der Waals surface area contributed by atoms with Gasteiger partial charge in [-0.1, -0.05) is 30.3 Å². The van der Waals surface area contributed by atoms with E-state index in [1.807, 2.05) is 42.5 Å². The number of furan rings is 1. The van der Waals surface area contributed by atoms with E-state index in [1.54, 1.807) is 41.0 Å². The van der Waals surface area contributed by atoms with Crippen molar-refractivity contribution in [2.75, 3.05) is 5.43 Å². The van der Waals surface area contributed by atoms with Crippen molar-refractivity contribution in [2.24, 2.45) is 5.10 Å². The van der Waals surface area contributed by atoms with Crippen LogP contribution < -0.4 is 11.0 Å². The molecule has 0 aliphatic heterocycles. The zero-order chi connectivity index (χ0) is 24.2. The maximum absolute atomic E-state index is 13.3. The van der Waals surface area contributed by atoms with Gasteiger partial charge in [0, 0.05) is 12.1 Å². The van der Waals surface area contributed by atoms with Crippen LogP contribution in [0.3, 0.4) is 0 Å². The first-order valence-electron chi connectivity index (χ1n) is 10.5. The number of anilines is 1. The highest BCUT2D eigenvalue weighted by Gasteiger charge is 2.15. The Hall–Kier alpha value is -4.70. The number of benzene rings is 3. The Kier molecular flexibility index (Phi) is 6.10. The second-order valence-electron chi connectivity index (χ2n) is 7.32. The molecule has 0 aliphatic rings. The van der Waals surface area contributed by atoms with E-state index in [2.05, 4.69) is 10.5 Å². The predicted octanol–water partition coefficient (Wildman–Crippen LogP) is 5.48. The fourth-order valence-electron chi connectivity index (χ4n) is 3.36. The number of hydrogen-bond donors (Lipinski definition) is 1. The molecule has 3 aromatic carbocycles. The van der Waals surface area contributed by atoms with Crippen molar-refractivity contribution >= 4 is 40.3 Å². The van der Waals surface area contributed by atoms with Gasteiger partial charge in [-0.25, -0.2) is 4.98 Å². The molecule has 0 fully saturated rings. The number of nitro groups is 1. The average molecular weight is 484 g/mol. The monoisotopic (exact) mass is 483 g/mol. The van der Waals surface area contributed by atoms with Crippen molar-refractivity contribution in [1.82, 2.24) is 9.55 Å². The van der Waals surface area contributed by atoms with Crippen molar-refractivity contribution in [1.29, 1.82) is 0 Å². The Morgan fingerprint density at radius 3 is 2.49 bits per heavy atom. The molecule has 9 nitrogen and oxygen atoms in total. The zero-order valence-electron chi connectivity index (χ0n) is 18.1. The summed E-state index contributed by atoms with van der Waals surface area (Å²) in [6.45, 7) is 0. The highest BCUT2D eigenvalue weighted by atomic mass is 32.2. The summed E-state index contributed by atoms with van der Waals surface area (Å²) < 4.78 is 7.42. The minimum absolute atomic E-state index is 0.00325. The van der Waals surface area contributed by atoms with Crippen LogP contribution in [0, 0.1) is 10.1 Å². The van der Waals surface area contributed by atoms with E-state index in [0.717, 1.165) is 0 Å². The van der Waals surface area contributed by atoms with Gasteiger partial charge >= 0.3 is 0 Å². The fraction of sp³-hybridized carbons (Fsp3) is 0. The lowest BCUT2D eigenvalue weighted by Crippen LogP contribution is -2.21. The molecule has 0 amide bonds. The zero-order valence-corrected chi connectivity index (χ0v) is 18.9. The molecule has 1 N–H and O–H groups in total. The molecule has 5 aromatic rings. The molecule has 0 saturated carbocycles. The summed E-state index contributed by atoms with van der Waals surface area (Å²) in [5.41, 5.74) is 4.55. The summed E-state index contributed by atoms with van der Waals surface area (Å²) in [7, 11) is 0. The van der Waals surface area contributed by atoms with Gasteiger partial charge in [0.1, 0.15) is 5.76 Å². The van der Waals surface area contributed by atoms with E-state index in [9.17, 15) is 14.9 Å². The van der Waals surface area contributed by atoms with Crippen LogP contribution in [-0.4, -0.2) is 20.7 Å². The van der Waals surface area contributed by atoms with Gasteiger partial charge in [-0.3, -0.25) is 24.9 Å². The largest absolute Gasteiger partial charge is 0.448 e. The average Bonchev–Trinajstić information content (AvgIpc) is 3.32. The van der Waals surface area contributed by atoms with Crippen molar-refractivity contribution in [2.45, 2.75) is 10.2 Å². The smallest absolute Gasteiger partial charge is 0.269 e. The predicted molar refractivity (Wildman–Crippen MR) is 134 cm³/mol. The van der Waals surface area contributed by atoms with Crippen LogP contribution in [0.2, 0.25) is 0 Å². The summed E-state index contributed by atoms with van der Waals surface area (Å²) in [5.74, 6) is 0.483. The lowest BCUT2D eigenvalue weighted by molar-refractivity contribution is -0.384. The molecule has 2 aromatic heterocycles. The molecule has 5 rings (SSSR count). The molecule has 0 aliphatic carbocycles. The number of nitrogens with one attached hydrogen (secondary N) is 1. The first kappa shape index (κ1) is 22.1. The topological polar surface area (TPSA) is 116 Å². The number of hydrogen-bond acceptors (Lipinski definition) is 8. The Bertz CT molecular complexity index is 1590. The van der Waals surface area contributed by atoms with Crippen LogP contribution in [0.1, 0.15) is 5.76 Å². The Labute approximate surface area is 202 Å². The lowest BCUT2D eigenvalue weighted by atomic mass is 10.2. The number of nitro benzene ring substituents is 1. The third kappa shape index (κ3) is 4.82. The fourth-order valence-corrected chi connectivity index (χ4v) is 4.24. The van der Waals surface area contributed by atoms with Gasteiger partial charge in [0.2, 0.25) is 0 Å². The molecular weight excluding hydrogens is 466 g/mol. The molecule has 0 atom stereocenters. The van der Waals surface area contributed by atoms with Gasteiger partial charge in [-0.15, -0.1) is 0 Å². The van der Waals surface area contributed by atoms with Crippen LogP contribution in [0.5, 0.6) is 0 Å². The van der Waals surface area contributed by atoms with Gasteiger partial charge in [-0.2, -0.15) is 5.10 Å². The number of nitrogens with zero attached hydrogens (tertiary/aromatic N) is 4. The molecule has 0 radical (unpaired) electrons. The molecule has 2 heterocycles. The van der Waals surface area contributed by atoms with Gasteiger partial charge in [0.15, 0.2) is 10.2 Å². The van der Waals surface area contributed by atoms with E-state index >= 15 is 0 Å². The second-order valence-corrected chi connectivity index (χ2v) is 8.29. The van der Waals surface area contributed by atoms with E-state index in [-0.39, 0.29) is 11.2 Å². The van der Waals surface area contributed by atoms with Crippen LogP contribution in [0.15, 0.2) is 116 Å². The first-order valence-corrected chi connectivity index (χ1v) is 11.3. The van der Waals surface area contributed by atoms with E-state index in [0.29, 0.717) is 38.3 Å². The Morgan fingerprint density at radius 2 is 1.71 bits per heavy atom. The molecule has 0 unspecified atom stereocenters. The second kappa shape index (κ2) is 9.65. The van der Waals surface area contributed by atoms with Crippen molar-refractivity contribution in [3.63, 3.8) is 0 Å². The van der Waals surface area contributed by atoms with Crippen molar-refractivity contribution in [3.8, 4) is 5.69 Å². The number of aromatic nitrogens is 2. The van der Waals surface area contributed by atoms with E-state index in [4.69, 9.17) is 9.40 Å². The summed E-state index contributed by atoms with van der Waals surface area (Å²) in [6.07, 6.45) is 1.49. The number of rotatable bonds is 7. The molecule has 35 heavy (non-hydrogen) atoms. The summed E-state index contributed by atoms with van der Waals surface area (Å²) in [6, 6.07) is 26.0. The normalized spacial score (nSPS) is 11.2. The molecule has 0 bridgehead atoms. The van der Waals surface area contributed by atoms with Crippen LogP contribution in [-0.2, 0) is 0 Å². The summed E-state index contributed by atoms with van der Waals surface area (Å²) in [5, 5.41) is 16.4. The highest BCUT2D eigenvalue weighted by Crippen LogP contribution is 2.29. The standard InChI is InChI=1S/C25H17N5O4S/c31-24-21-8-4-5-9-22(21)27-25(29(24)18-6-2-1-3-7-18)35-23-15-14-20(34-23)16-26-28-17-10-12-19(13-11-17)30(32)33/h1-16,28H. The quantitative estimate of drug-likeness (QED) is 0.141. The van der Waals surface area contributed by atoms with Crippen molar-refractivity contribution < 1.29 is 9.34 Å². The van der Waals surface area contributed by atoms with Gasteiger partial charge in [-0.05, 0) is 60.3 Å². The minimum atomic E-state index is -0.462. The van der Waals surface area contributed by atoms with Crippen LogP contribution in [0.25, 0.3) is 16.6 Å². The highest BCUT2D eigenvalue weighted by molar-refractivity contribution is 7.99. The number of hydrazone groups is 1. The number of non-ortho nitro benzene ring substituents is 1. The molecule has 10 heteroatoms. The first-order chi connectivity index (χ1) is 17.1. The van der Waals surface area contributed by atoms with E-state index in [1.165, 1.54) is 30.1 Å². The molecular formula is C25H17N5O4S. The Morgan fingerprint density at radius 1 is 0.971 bits per heavy atom. The van der Waals surface area contributed by atoms with Crippen LogP contribution in [0.4, 0.5) is 11.4 Å². The SMILES string of the molecule is O=c1c2ccccc2nc(Sc2ccc(C=NNc3ccc([N+](=O)[O-])cc3)o2)n1-c1ccccc1. The maximum atomic E-state index is 13.3. The lowest BCUT2D eigenvalue weighted by Gasteiger charge is -2.12. The summed E-state index contributed by atoms with van der Waals surface area (Å²) >= 11 is 1.23. The molecule has 0 saturated heterocycles. The van der Waals surface area contributed by atoms with Gasteiger partial charge in [0.25, 0.3) is 11.2 Å². The minimum Gasteiger partial charge on any atom is -0.448 e. The maximum Gasteiger partial charge on any atom is 0.269 e. The Balaban J connectivity index is 1.39. The van der Waals surface area contributed by atoms with Crippen LogP contribution >= 0.6 is 11.8 Å². The third-order valence-electron chi connectivity index (χ3n) is 5.02. The number of fused-ring (bicyclic) bond motifs is 1. The van der Waals surface area contributed by atoms with Gasteiger partial charge < -0.3 is 4.42 Å². The third-order valence-corrected chi connectivity index (χ3v) is 5.89. The molecule has 172 valence electrons. The van der Waals surface area contributed by atoms with Crippen molar-refractivity contribution in [3.05, 3.63) is 117 Å². The number of para-hydroxylation sites is 2. The van der Waals surface area contributed by atoms with Gasteiger partial charge in [0.05, 0.1) is 33.4 Å². The van der Waals surface area contributed by atoms with E-state index < -0.39 is 4.92 Å². The molecule has 0 spiro atoms.